The number of halogens is 1. The minimum absolute atomic E-state index is 0.248. The molecule has 9 heteroatoms. The molecule has 1 saturated heterocycles. The van der Waals surface area contributed by atoms with Gasteiger partial charge >= 0.3 is 0 Å². The zero-order valence-electron chi connectivity index (χ0n) is 16.5. The summed E-state index contributed by atoms with van der Waals surface area (Å²) >= 11 is 5.98. The quantitative estimate of drug-likeness (QED) is 0.755. The molecular formula is C19H26ClN5O2S. The molecule has 1 atom stereocenters. The molecule has 152 valence electrons. The van der Waals surface area contributed by atoms with Crippen molar-refractivity contribution in [1.82, 2.24) is 24.0 Å². The fraction of sp³-hybridized carbons (Fsp3) is 0.579. The van der Waals surface area contributed by atoms with Crippen LogP contribution in [0.1, 0.15) is 43.4 Å². The first-order chi connectivity index (χ1) is 13.3. The number of aromatic nitrogens is 3. The molecular weight excluding hydrogens is 398 g/mol. The van der Waals surface area contributed by atoms with E-state index in [4.69, 9.17) is 11.6 Å². The van der Waals surface area contributed by atoms with Crippen LogP contribution in [0.2, 0.25) is 5.02 Å². The molecule has 1 aromatic heterocycles. The van der Waals surface area contributed by atoms with Crippen LogP contribution in [-0.2, 0) is 23.1 Å². The highest BCUT2D eigenvalue weighted by Gasteiger charge is 2.35. The van der Waals surface area contributed by atoms with Gasteiger partial charge in [0, 0.05) is 36.6 Å². The molecule has 2 aliphatic rings. The fourth-order valence-corrected chi connectivity index (χ4v) is 5.99. The van der Waals surface area contributed by atoms with Crippen LogP contribution in [0.5, 0.6) is 0 Å². The van der Waals surface area contributed by atoms with Gasteiger partial charge in [-0.1, -0.05) is 11.6 Å². The first-order valence-corrected chi connectivity index (χ1v) is 11.5. The maximum absolute atomic E-state index is 13.1. The van der Waals surface area contributed by atoms with Crippen molar-refractivity contribution >= 4 is 21.6 Å². The summed E-state index contributed by atoms with van der Waals surface area (Å²) in [6.07, 6.45) is 1.07. The third-order valence-corrected chi connectivity index (χ3v) is 8.06. The maximum Gasteiger partial charge on any atom is 0.243 e. The molecule has 0 N–H and O–H groups in total. The van der Waals surface area contributed by atoms with Crippen LogP contribution in [0, 0.1) is 6.92 Å². The molecule has 0 bridgehead atoms. The predicted octanol–water partition coefficient (Wildman–Crippen LogP) is 2.64. The number of benzene rings is 1. The van der Waals surface area contributed by atoms with E-state index in [0.717, 1.165) is 31.2 Å². The van der Waals surface area contributed by atoms with E-state index in [0.29, 0.717) is 40.5 Å². The summed E-state index contributed by atoms with van der Waals surface area (Å²) in [5.74, 6) is 2.09. The van der Waals surface area contributed by atoms with Crippen LogP contribution in [-0.4, -0.2) is 58.1 Å². The van der Waals surface area contributed by atoms with Crippen LogP contribution in [0.4, 0.5) is 0 Å². The molecule has 28 heavy (non-hydrogen) atoms. The average molecular weight is 424 g/mol. The molecule has 1 fully saturated rings. The molecule has 1 unspecified atom stereocenters. The van der Waals surface area contributed by atoms with Gasteiger partial charge in [0.05, 0.1) is 11.4 Å². The summed E-state index contributed by atoms with van der Waals surface area (Å²) in [4.78, 5) is 2.75. The second-order valence-electron chi connectivity index (χ2n) is 7.95. The molecule has 7 nitrogen and oxygen atoms in total. The van der Waals surface area contributed by atoms with Crippen LogP contribution in [0.3, 0.4) is 0 Å². The maximum atomic E-state index is 13.1. The van der Waals surface area contributed by atoms with E-state index in [1.807, 2.05) is 0 Å². The number of aryl methyl sites for hydroxylation is 1. The van der Waals surface area contributed by atoms with Gasteiger partial charge in [-0.15, -0.1) is 10.2 Å². The lowest BCUT2D eigenvalue weighted by Gasteiger charge is -2.28. The van der Waals surface area contributed by atoms with Crippen molar-refractivity contribution in [3.05, 3.63) is 40.4 Å². The monoisotopic (exact) mass is 423 g/mol. The highest BCUT2D eigenvalue weighted by molar-refractivity contribution is 7.89. The zero-order chi connectivity index (χ0) is 20.1. The number of hydrogen-bond donors (Lipinski definition) is 0. The summed E-state index contributed by atoms with van der Waals surface area (Å²) in [5.41, 5.74) is 0.653. The average Bonchev–Trinajstić information content (AvgIpc) is 3.27. The zero-order valence-corrected chi connectivity index (χ0v) is 18.0. The smallest absolute Gasteiger partial charge is 0.243 e. The van der Waals surface area contributed by atoms with E-state index in [1.165, 1.54) is 4.31 Å². The first kappa shape index (κ1) is 19.8. The minimum Gasteiger partial charge on any atom is -0.312 e. The SMILES string of the molecule is Cc1cc(Cl)ccc1S(=O)(=O)N1CCn2c(nnc2C2CCN(C(C)C)C2)C1. The van der Waals surface area contributed by atoms with Gasteiger partial charge in [-0.25, -0.2) is 8.42 Å². The minimum atomic E-state index is -3.60. The lowest BCUT2D eigenvalue weighted by Crippen LogP contribution is -2.39. The third kappa shape index (κ3) is 3.47. The highest BCUT2D eigenvalue weighted by atomic mass is 35.5. The largest absolute Gasteiger partial charge is 0.312 e. The molecule has 0 spiro atoms. The van der Waals surface area contributed by atoms with Crippen molar-refractivity contribution in [2.45, 2.75) is 57.1 Å². The fourth-order valence-electron chi connectivity index (χ4n) is 4.17. The summed E-state index contributed by atoms with van der Waals surface area (Å²) in [6, 6.07) is 5.40. The second-order valence-corrected chi connectivity index (χ2v) is 10.3. The first-order valence-electron chi connectivity index (χ1n) is 9.69. The van der Waals surface area contributed by atoms with Crippen LogP contribution in [0.15, 0.2) is 23.1 Å². The normalized spacial score (nSPS) is 21.4. The van der Waals surface area contributed by atoms with E-state index in [1.54, 1.807) is 25.1 Å². The van der Waals surface area contributed by atoms with E-state index in [2.05, 4.69) is 33.5 Å². The van der Waals surface area contributed by atoms with Gasteiger partial charge in [0.1, 0.15) is 11.6 Å². The van der Waals surface area contributed by atoms with Crippen molar-refractivity contribution in [3.63, 3.8) is 0 Å². The number of sulfonamides is 1. The van der Waals surface area contributed by atoms with Crippen LogP contribution >= 0.6 is 11.6 Å². The van der Waals surface area contributed by atoms with Crippen LogP contribution < -0.4 is 0 Å². The van der Waals surface area contributed by atoms with Crippen LogP contribution in [0.25, 0.3) is 0 Å². The Hall–Kier alpha value is -1.48. The van der Waals surface area contributed by atoms with Crippen molar-refractivity contribution < 1.29 is 8.42 Å². The van der Waals surface area contributed by atoms with Gasteiger partial charge in [0.15, 0.2) is 0 Å². The Labute approximate surface area is 171 Å². The molecule has 2 aliphatic heterocycles. The van der Waals surface area contributed by atoms with E-state index in [9.17, 15) is 8.42 Å². The van der Waals surface area contributed by atoms with Crippen molar-refractivity contribution in [2.24, 2.45) is 0 Å². The molecule has 3 heterocycles. The molecule has 2 aromatic rings. The Bertz CT molecular complexity index is 988. The Morgan fingerprint density at radius 2 is 1.96 bits per heavy atom. The molecule has 4 rings (SSSR count). The van der Waals surface area contributed by atoms with Gasteiger partial charge in [0.2, 0.25) is 10.0 Å². The molecule has 0 saturated carbocycles. The Morgan fingerprint density at radius 3 is 2.64 bits per heavy atom. The standard InChI is InChI=1S/C19H26ClN5O2S/c1-13(2)23-7-6-15(11-23)19-22-21-18-12-24(8-9-25(18)19)28(26,27)17-5-4-16(20)10-14(17)3/h4-5,10,13,15H,6-9,11-12H2,1-3H3. The van der Waals surface area contributed by atoms with Gasteiger partial charge in [-0.3, -0.25) is 0 Å². The van der Waals surface area contributed by atoms with Crippen molar-refractivity contribution in [2.75, 3.05) is 19.6 Å². The topological polar surface area (TPSA) is 71.3 Å². The van der Waals surface area contributed by atoms with Crippen molar-refractivity contribution in [3.8, 4) is 0 Å². The van der Waals surface area contributed by atoms with E-state index < -0.39 is 10.0 Å². The van der Waals surface area contributed by atoms with Gasteiger partial charge in [0.25, 0.3) is 0 Å². The summed E-state index contributed by atoms with van der Waals surface area (Å²) in [7, 11) is -3.60. The molecule has 0 amide bonds. The Morgan fingerprint density at radius 1 is 1.18 bits per heavy atom. The van der Waals surface area contributed by atoms with E-state index >= 15 is 0 Å². The number of fused-ring (bicyclic) bond motifs is 1. The van der Waals surface area contributed by atoms with Gasteiger partial charge in [-0.2, -0.15) is 4.31 Å². The highest BCUT2D eigenvalue weighted by Crippen LogP contribution is 2.30. The Kier molecular flexibility index (Phi) is 5.24. The summed E-state index contributed by atoms with van der Waals surface area (Å²) in [6.45, 7) is 9.50. The van der Waals surface area contributed by atoms with Gasteiger partial charge in [-0.05, 0) is 57.5 Å². The molecule has 1 aromatic carbocycles. The lowest BCUT2D eigenvalue weighted by molar-refractivity contribution is 0.270. The third-order valence-electron chi connectivity index (χ3n) is 5.82. The lowest BCUT2D eigenvalue weighted by atomic mass is 10.1. The number of nitrogens with zero attached hydrogens (tertiary/aromatic N) is 5. The van der Waals surface area contributed by atoms with Crippen molar-refractivity contribution in [1.29, 1.82) is 0 Å². The number of hydrogen-bond acceptors (Lipinski definition) is 5. The van der Waals surface area contributed by atoms with Gasteiger partial charge < -0.3 is 9.47 Å². The molecule has 0 radical (unpaired) electrons. The number of likely N-dealkylation sites (tertiary alicyclic amines) is 1. The summed E-state index contributed by atoms with van der Waals surface area (Å²) < 4.78 is 29.9. The van der Waals surface area contributed by atoms with E-state index in [-0.39, 0.29) is 6.54 Å². The summed E-state index contributed by atoms with van der Waals surface area (Å²) in [5, 5.41) is 9.31. The number of rotatable bonds is 4. The Balaban J connectivity index is 1.56. The molecule has 0 aliphatic carbocycles. The second kappa shape index (κ2) is 7.40. The predicted molar refractivity (Wildman–Crippen MR) is 108 cm³/mol.